The van der Waals surface area contributed by atoms with E-state index in [0.717, 1.165) is 18.4 Å². The van der Waals surface area contributed by atoms with Gasteiger partial charge in [-0.3, -0.25) is 9.59 Å². The van der Waals surface area contributed by atoms with Crippen LogP contribution >= 0.6 is 0 Å². The van der Waals surface area contributed by atoms with Crippen molar-refractivity contribution >= 4 is 18.0 Å². The summed E-state index contributed by atoms with van der Waals surface area (Å²) >= 11 is 0. The summed E-state index contributed by atoms with van der Waals surface area (Å²) in [5.41, 5.74) is 1.05. The molecule has 0 aliphatic heterocycles. The van der Waals surface area contributed by atoms with Crippen molar-refractivity contribution in [3.05, 3.63) is 42.0 Å². The SMILES string of the molecule is CCCCCCCCC(C)OC(=O)CCC(=O)OC/C=C/c1ccccc1. The van der Waals surface area contributed by atoms with Crippen molar-refractivity contribution in [1.82, 2.24) is 0 Å². The van der Waals surface area contributed by atoms with Gasteiger partial charge in [-0.05, 0) is 31.4 Å². The second kappa shape index (κ2) is 15.0. The van der Waals surface area contributed by atoms with Crippen molar-refractivity contribution in [2.45, 2.75) is 77.7 Å². The van der Waals surface area contributed by atoms with E-state index in [0.29, 0.717) is 0 Å². The number of benzene rings is 1. The third kappa shape index (κ3) is 12.8. The lowest BCUT2D eigenvalue weighted by Gasteiger charge is -2.13. The third-order valence-electron chi connectivity index (χ3n) is 4.28. The first-order chi connectivity index (χ1) is 13.1. The summed E-state index contributed by atoms with van der Waals surface area (Å²) in [4.78, 5) is 23.5. The maximum atomic E-state index is 11.8. The van der Waals surface area contributed by atoms with Crippen LogP contribution in [0.25, 0.3) is 6.08 Å². The Morgan fingerprint density at radius 1 is 0.963 bits per heavy atom. The van der Waals surface area contributed by atoms with E-state index in [4.69, 9.17) is 9.47 Å². The van der Waals surface area contributed by atoms with Crippen LogP contribution in [0.15, 0.2) is 36.4 Å². The lowest BCUT2D eigenvalue weighted by atomic mass is 10.1. The Morgan fingerprint density at radius 2 is 1.63 bits per heavy atom. The predicted octanol–water partition coefficient (Wildman–Crippen LogP) is 5.71. The molecule has 0 heterocycles. The second-order valence-electron chi connectivity index (χ2n) is 6.85. The number of hydrogen-bond acceptors (Lipinski definition) is 4. The maximum absolute atomic E-state index is 11.8. The average Bonchev–Trinajstić information content (AvgIpc) is 2.67. The van der Waals surface area contributed by atoms with E-state index in [-0.39, 0.29) is 37.5 Å². The minimum Gasteiger partial charge on any atom is -0.463 e. The summed E-state index contributed by atoms with van der Waals surface area (Å²) in [6.07, 6.45) is 11.9. The summed E-state index contributed by atoms with van der Waals surface area (Å²) < 4.78 is 10.4. The van der Waals surface area contributed by atoms with E-state index in [9.17, 15) is 9.59 Å². The van der Waals surface area contributed by atoms with Gasteiger partial charge in [-0.2, -0.15) is 0 Å². The van der Waals surface area contributed by atoms with E-state index in [1.807, 2.05) is 43.3 Å². The molecule has 0 amide bonds. The fraction of sp³-hybridized carbons (Fsp3) is 0.565. The molecule has 150 valence electrons. The molecule has 1 unspecified atom stereocenters. The van der Waals surface area contributed by atoms with Crippen LogP contribution in [-0.4, -0.2) is 24.6 Å². The minimum absolute atomic E-state index is 0.0573. The molecule has 0 aliphatic carbocycles. The zero-order valence-electron chi connectivity index (χ0n) is 16.8. The molecular weight excluding hydrogens is 340 g/mol. The monoisotopic (exact) mass is 374 g/mol. The van der Waals surface area contributed by atoms with Gasteiger partial charge in [0, 0.05) is 0 Å². The van der Waals surface area contributed by atoms with Gasteiger partial charge >= 0.3 is 11.9 Å². The zero-order valence-corrected chi connectivity index (χ0v) is 16.8. The molecule has 4 heteroatoms. The van der Waals surface area contributed by atoms with Crippen molar-refractivity contribution in [2.75, 3.05) is 6.61 Å². The zero-order chi connectivity index (χ0) is 19.7. The standard InChI is InChI=1S/C23H34O4/c1-3-4-5-6-7-9-13-20(2)27-23(25)18-17-22(24)26-19-12-16-21-14-10-8-11-15-21/h8,10-12,14-16,20H,3-7,9,13,17-19H2,1-2H3/b16-12+. The molecular formula is C23H34O4. The van der Waals surface area contributed by atoms with E-state index in [1.165, 1.54) is 32.1 Å². The van der Waals surface area contributed by atoms with Crippen molar-refractivity contribution in [3.63, 3.8) is 0 Å². The van der Waals surface area contributed by atoms with Crippen LogP contribution in [0.2, 0.25) is 0 Å². The molecule has 0 fully saturated rings. The molecule has 0 saturated heterocycles. The quantitative estimate of drug-likeness (QED) is 0.309. The second-order valence-corrected chi connectivity index (χ2v) is 6.85. The number of ether oxygens (including phenoxy) is 2. The van der Waals surface area contributed by atoms with Gasteiger partial charge in [0.05, 0.1) is 18.9 Å². The molecule has 0 saturated carbocycles. The highest BCUT2D eigenvalue weighted by Gasteiger charge is 2.12. The molecule has 0 aromatic heterocycles. The Balaban J connectivity index is 2.06. The molecule has 27 heavy (non-hydrogen) atoms. The normalized spacial score (nSPS) is 12.1. The van der Waals surface area contributed by atoms with Gasteiger partial charge < -0.3 is 9.47 Å². The highest BCUT2D eigenvalue weighted by atomic mass is 16.5. The summed E-state index contributed by atoms with van der Waals surface area (Å²) in [5.74, 6) is -0.710. The van der Waals surface area contributed by atoms with Crippen LogP contribution in [-0.2, 0) is 19.1 Å². The molecule has 1 atom stereocenters. The van der Waals surface area contributed by atoms with E-state index < -0.39 is 0 Å². The van der Waals surface area contributed by atoms with Gasteiger partial charge in [0.15, 0.2) is 0 Å². The van der Waals surface area contributed by atoms with Gasteiger partial charge in [0.25, 0.3) is 0 Å². The number of hydrogen-bond donors (Lipinski definition) is 0. The third-order valence-corrected chi connectivity index (χ3v) is 4.28. The fourth-order valence-corrected chi connectivity index (χ4v) is 2.72. The molecule has 0 N–H and O–H groups in total. The Labute approximate surface area is 163 Å². The largest absolute Gasteiger partial charge is 0.463 e. The Bertz CT molecular complexity index is 551. The van der Waals surface area contributed by atoms with E-state index in [1.54, 1.807) is 6.08 Å². The lowest BCUT2D eigenvalue weighted by Crippen LogP contribution is -2.16. The first-order valence-electron chi connectivity index (χ1n) is 10.2. The van der Waals surface area contributed by atoms with Crippen molar-refractivity contribution in [1.29, 1.82) is 0 Å². The Hall–Kier alpha value is -2.10. The molecule has 4 nitrogen and oxygen atoms in total. The molecule has 1 aromatic carbocycles. The minimum atomic E-state index is -0.381. The first-order valence-corrected chi connectivity index (χ1v) is 10.2. The van der Waals surface area contributed by atoms with Crippen LogP contribution < -0.4 is 0 Å². The van der Waals surface area contributed by atoms with Crippen LogP contribution in [0.4, 0.5) is 0 Å². The number of carbonyl (C=O) groups excluding carboxylic acids is 2. The van der Waals surface area contributed by atoms with Gasteiger partial charge in [-0.25, -0.2) is 0 Å². The summed E-state index contributed by atoms with van der Waals surface area (Å²) in [6.45, 7) is 4.33. The fourth-order valence-electron chi connectivity index (χ4n) is 2.72. The van der Waals surface area contributed by atoms with Crippen LogP contribution in [0.1, 0.15) is 77.2 Å². The first kappa shape index (κ1) is 22.9. The predicted molar refractivity (Wildman–Crippen MR) is 109 cm³/mol. The van der Waals surface area contributed by atoms with Gasteiger partial charge in [-0.15, -0.1) is 0 Å². The molecule has 1 rings (SSSR count). The lowest BCUT2D eigenvalue weighted by molar-refractivity contribution is -0.152. The van der Waals surface area contributed by atoms with Gasteiger partial charge in [0.2, 0.25) is 0 Å². The van der Waals surface area contributed by atoms with E-state index in [2.05, 4.69) is 6.92 Å². The van der Waals surface area contributed by atoms with Crippen LogP contribution in [0.5, 0.6) is 0 Å². The number of rotatable bonds is 14. The molecule has 0 bridgehead atoms. The number of carbonyl (C=O) groups is 2. The van der Waals surface area contributed by atoms with E-state index >= 15 is 0 Å². The number of unbranched alkanes of at least 4 members (excludes halogenated alkanes) is 5. The average molecular weight is 375 g/mol. The maximum Gasteiger partial charge on any atom is 0.306 e. The van der Waals surface area contributed by atoms with Crippen molar-refractivity contribution in [2.24, 2.45) is 0 Å². The summed E-state index contributed by atoms with van der Waals surface area (Å²) in [6, 6.07) is 9.79. The molecule has 0 aliphatic rings. The van der Waals surface area contributed by atoms with Gasteiger partial charge in [0.1, 0.15) is 6.61 Å². The smallest absolute Gasteiger partial charge is 0.306 e. The number of esters is 2. The topological polar surface area (TPSA) is 52.6 Å². The highest BCUT2D eigenvalue weighted by molar-refractivity contribution is 5.77. The molecule has 0 radical (unpaired) electrons. The van der Waals surface area contributed by atoms with Crippen molar-refractivity contribution < 1.29 is 19.1 Å². The van der Waals surface area contributed by atoms with Crippen LogP contribution in [0.3, 0.4) is 0 Å². The Kier molecular flexibility index (Phi) is 12.7. The molecule has 0 spiro atoms. The van der Waals surface area contributed by atoms with Crippen molar-refractivity contribution in [3.8, 4) is 0 Å². The van der Waals surface area contributed by atoms with Crippen LogP contribution in [0, 0.1) is 0 Å². The highest BCUT2D eigenvalue weighted by Crippen LogP contribution is 2.11. The molecule has 1 aromatic rings. The van der Waals surface area contributed by atoms with Gasteiger partial charge in [-0.1, -0.05) is 75.4 Å². The Morgan fingerprint density at radius 3 is 2.37 bits per heavy atom. The summed E-state index contributed by atoms with van der Waals surface area (Å²) in [7, 11) is 0. The summed E-state index contributed by atoms with van der Waals surface area (Å²) in [5, 5.41) is 0.